The van der Waals surface area contributed by atoms with Crippen LogP contribution in [0.2, 0.25) is 11.6 Å². The monoisotopic (exact) mass is 191 g/mol. The summed E-state index contributed by atoms with van der Waals surface area (Å²) in [6.07, 6.45) is 4.37. The van der Waals surface area contributed by atoms with Gasteiger partial charge in [-0.1, -0.05) is 49.6 Å². The van der Waals surface area contributed by atoms with Gasteiger partial charge in [0.1, 0.15) is 7.28 Å². The molecule has 0 aliphatic rings. The first kappa shape index (κ1) is 13.5. The van der Waals surface area contributed by atoms with Crippen molar-refractivity contribution in [2.45, 2.75) is 59.1 Å². The van der Waals surface area contributed by atoms with Crippen LogP contribution < -0.4 is 0 Å². The van der Waals surface area contributed by atoms with Gasteiger partial charge in [0.05, 0.1) is 0 Å². The van der Waals surface area contributed by atoms with Gasteiger partial charge < -0.3 is 0 Å². The SMILES string of the molecule is C=CC(C)[B]C(C)C/C(C)=C(/C)CC. The summed E-state index contributed by atoms with van der Waals surface area (Å²) in [5.41, 5.74) is 3.09. The largest absolute Gasteiger partial charge is 0.122 e. The van der Waals surface area contributed by atoms with Crippen molar-refractivity contribution in [1.29, 1.82) is 0 Å². The lowest BCUT2D eigenvalue weighted by atomic mass is 9.54. The van der Waals surface area contributed by atoms with E-state index in [1.807, 2.05) is 6.08 Å². The van der Waals surface area contributed by atoms with E-state index in [4.69, 9.17) is 0 Å². The molecule has 0 bridgehead atoms. The molecule has 0 amide bonds. The molecule has 0 spiro atoms. The van der Waals surface area contributed by atoms with Gasteiger partial charge in [0.25, 0.3) is 0 Å². The average Bonchev–Trinajstić information content (AvgIpc) is 2.15. The third kappa shape index (κ3) is 5.31. The molecule has 1 radical (unpaired) electrons. The fourth-order valence-corrected chi connectivity index (χ4v) is 1.62. The first-order valence-electron chi connectivity index (χ1n) is 5.64. The van der Waals surface area contributed by atoms with Crippen molar-refractivity contribution >= 4 is 7.28 Å². The Hall–Kier alpha value is -0.455. The topological polar surface area (TPSA) is 0 Å². The van der Waals surface area contributed by atoms with E-state index in [1.165, 1.54) is 18.4 Å². The van der Waals surface area contributed by atoms with Gasteiger partial charge in [-0.2, -0.15) is 0 Å². The smallest absolute Gasteiger partial charge is 0.104 e. The van der Waals surface area contributed by atoms with Crippen molar-refractivity contribution in [3.8, 4) is 0 Å². The van der Waals surface area contributed by atoms with Gasteiger partial charge >= 0.3 is 0 Å². The molecule has 0 N–H and O–H groups in total. The number of hydrogen-bond acceptors (Lipinski definition) is 0. The molecule has 0 aromatic rings. The number of hydrogen-bond donors (Lipinski definition) is 0. The molecule has 0 aliphatic heterocycles. The van der Waals surface area contributed by atoms with Crippen LogP contribution in [-0.2, 0) is 0 Å². The van der Waals surface area contributed by atoms with Crippen LogP contribution in [0.5, 0.6) is 0 Å². The summed E-state index contributed by atoms with van der Waals surface area (Å²) in [5.74, 6) is 1.18. The van der Waals surface area contributed by atoms with E-state index in [0.717, 1.165) is 0 Å². The molecular formula is C13H24B. The van der Waals surface area contributed by atoms with E-state index in [0.29, 0.717) is 11.6 Å². The highest BCUT2D eigenvalue weighted by Crippen LogP contribution is 2.23. The van der Waals surface area contributed by atoms with Gasteiger partial charge in [-0.25, -0.2) is 0 Å². The van der Waals surface area contributed by atoms with Gasteiger partial charge in [0.2, 0.25) is 0 Å². The Morgan fingerprint density at radius 2 is 1.86 bits per heavy atom. The number of allylic oxidation sites excluding steroid dienone is 3. The van der Waals surface area contributed by atoms with Gasteiger partial charge in [0, 0.05) is 0 Å². The molecule has 0 aliphatic carbocycles. The molecule has 2 atom stereocenters. The third-order valence-electron chi connectivity index (χ3n) is 2.89. The van der Waals surface area contributed by atoms with Crippen molar-refractivity contribution in [2.24, 2.45) is 0 Å². The van der Waals surface area contributed by atoms with Crippen LogP contribution in [0, 0.1) is 0 Å². The number of rotatable bonds is 6. The van der Waals surface area contributed by atoms with Crippen molar-refractivity contribution in [3.63, 3.8) is 0 Å². The molecule has 1 heteroatoms. The normalized spacial score (nSPS) is 16.9. The highest BCUT2D eigenvalue weighted by Gasteiger charge is 2.09. The molecule has 2 unspecified atom stereocenters. The molecule has 0 nitrogen and oxygen atoms in total. The maximum absolute atomic E-state index is 3.80. The minimum Gasteiger partial charge on any atom is -0.104 e. The molecule has 79 valence electrons. The molecule has 0 aromatic carbocycles. The van der Waals surface area contributed by atoms with Crippen LogP contribution in [0.1, 0.15) is 47.5 Å². The summed E-state index contributed by atoms with van der Waals surface area (Å²) in [7, 11) is 2.37. The molecule has 0 heterocycles. The van der Waals surface area contributed by atoms with Gasteiger partial charge in [-0.15, -0.1) is 6.58 Å². The van der Waals surface area contributed by atoms with Crippen LogP contribution >= 0.6 is 0 Å². The predicted octanol–water partition coefficient (Wildman–Crippen LogP) is 4.63. The second-order valence-electron chi connectivity index (χ2n) is 4.38. The molecule has 0 rings (SSSR count). The second kappa shape index (κ2) is 6.92. The Morgan fingerprint density at radius 3 is 2.29 bits per heavy atom. The predicted molar refractivity (Wildman–Crippen MR) is 68.1 cm³/mol. The van der Waals surface area contributed by atoms with E-state index in [9.17, 15) is 0 Å². The fourth-order valence-electron chi connectivity index (χ4n) is 1.62. The quantitative estimate of drug-likeness (QED) is 0.424. The summed E-state index contributed by atoms with van der Waals surface area (Å²) >= 11 is 0. The minimum atomic E-state index is 0.528. The highest BCUT2D eigenvalue weighted by molar-refractivity contribution is 6.40. The molecule has 0 saturated heterocycles. The fraction of sp³-hybridized carbons (Fsp3) is 0.692. The first-order valence-corrected chi connectivity index (χ1v) is 5.64. The van der Waals surface area contributed by atoms with Crippen molar-refractivity contribution in [1.82, 2.24) is 0 Å². The Bertz CT molecular complexity index is 203. The molecule has 14 heavy (non-hydrogen) atoms. The van der Waals surface area contributed by atoms with E-state index < -0.39 is 0 Å². The zero-order chi connectivity index (χ0) is 11.1. The van der Waals surface area contributed by atoms with E-state index >= 15 is 0 Å². The van der Waals surface area contributed by atoms with Crippen molar-refractivity contribution < 1.29 is 0 Å². The van der Waals surface area contributed by atoms with Crippen LogP contribution in [0.4, 0.5) is 0 Å². The van der Waals surface area contributed by atoms with E-state index in [1.54, 1.807) is 5.57 Å². The second-order valence-corrected chi connectivity index (χ2v) is 4.38. The zero-order valence-corrected chi connectivity index (χ0v) is 10.4. The van der Waals surface area contributed by atoms with Crippen LogP contribution in [-0.4, -0.2) is 7.28 Å². The Balaban J connectivity index is 4.06. The first-order chi connectivity index (χ1) is 6.51. The third-order valence-corrected chi connectivity index (χ3v) is 2.89. The van der Waals surface area contributed by atoms with Crippen molar-refractivity contribution in [3.05, 3.63) is 23.8 Å². The van der Waals surface area contributed by atoms with E-state index in [2.05, 4.69) is 48.5 Å². The Morgan fingerprint density at radius 1 is 1.29 bits per heavy atom. The lowest BCUT2D eigenvalue weighted by Gasteiger charge is -2.14. The summed E-state index contributed by atoms with van der Waals surface area (Å²) in [5, 5.41) is 0. The zero-order valence-electron chi connectivity index (χ0n) is 10.4. The maximum Gasteiger partial charge on any atom is 0.122 e. The van der Waals surface area contributed by atoms with Gasteiger partial charge in [-0.05, 0) is 26.7 Å². The van der Waals surface area contributed by atoms with Crippen molar-refractivity contribution in [2.75, 3.05) is 0 Å². The molecular weight excluding hydrogens is 167 g/mol. The van der Waals surface area contributed by atoms with Gasteiger partial charge in [-0.3, -0.25) is 0 Å². The van der Waals surface area contributed by atoms with Crippen LogP contribution in [0.25, 0.3) is 0 Å². The summed E-state index contributed by atoms with van der Waals surface area (Å²) in [6.45, 7) is 15.0. The van der Waals surface area contributed by atoms with Crippen LogP contribution in [0.15, 0.2) is 23.8 Å². The minimum absolute atomic E-state index is 0.528. The maximum atomic E-state index is 3.80. The lowest BCUT2D eigenvalue weighted by molar-refractivity contribution is 0.850. The van der Waals surface area contributed by atoms with Gasteiger partial charge in [0.15, 0.2) is 0 Å². The highest BCUT2D eigenvalue weighted by atomic mass is 14.0. The summed E-state index contributed by atoms with van der Waals surface area (Å²) in [4.78, 5) is 0. The molecule has 0 saturated carbocycles. The Kier molecular flexibility index (Phi) is 6.69. The summed E-state index contributed by atoms with van der Waals surface area (Å²) in [6, 6.07) is 0. The average molecular weight is 191 g/mol. The molecule has 0 fully saturated rings. The Labute approximate surface area is 90.7 Å². The standard InChI is InChI=1S/C13H24B/c1-7-10(3)11(4)9-13(6)14-12(5)8-2/h8,12-13H,2,7,9H2,1,3-6H3/b11-10-. The van der Waals surface area contributed by atoms with E-state index in [-0.39, 0.29) is 0 Å². The lowest BCUT2D eigenvalue weighted by Crippen LogP contribution is -2.05. The molecule has 0 aromatic heterocycles. The van der Waals surface area contributed by atoms with Crippen LogP contribution in [0.3, 0.4) is 0 Å². The summed E-state index contributed by atoms with van der Waals surface area (Å²) < 4.78 is 0.